The summed E-state index contributed by atoms with van der Waals surface area (Å²) in [6, 6.07) is 0. The first kappa shape index (κ1) is 16.9. The third-order valence-electron chi connectivity index (χ3n) is 9.25. The summed E-state index contributed by atoms with van der Waals surface area (Å²) in [5, 5.41) is 20.2. The molecule has 24 heavy (non-hydrogen) atoms. The highest BCUT2D eigenvalue weighted by atomic mass is 16.4. The fourth-order valence-corrected chi connectivity index (χ4v) is 7.84. The van der Waals surface area contributed by atoms with Gasteiger partial charge in [0.2, 0.25) is 0 Å². The van der Waals surface area contributed by atoms with E-state index < -0.39 is 11.6 Å². The molecule has 0 amide bonds. The standard InChI is InChI=1S/C21H34O3/c1-19(24)10-11-20(2)13(12-19)4-5-14-15-6-7-17(18(22)23)21(15,3)9-8-16(14)20/h13-17,24H,4-12H2,1-3H3,(H,22,23)/t13-,14+,15+,16+,17-,19-,20+,21+/m1/s1. The maximum Gasteiger partial charge on any atom is 0.307 e. The molecular weight excluding hydrogens is 300 g/mol. The minimum absolute atomic E-state index is 0.0242. The molecule has 0 radical (unpaired) electrons. The number of hydrogen-bond acceptors (Lipinski definition) is 2. The van der Waals surface area contributed by atoms with Crippen LogP contribution in [0.2, 0.25) is 0 Å². The van der Waals surface area contributed by atoms with Crippen molar-refractivity contribution in [1.82, 2.24) is 0 Å². The maximum absolute atomic E-state index is 11.8. The van der Waals surface area contributed by atoms with Crippen LogP contribution in [0.3, 0.4) is 0 Å². The Morgan fingerprint density at radius 1 is 0.875 bits per heavy atom. The molecule has 0 bridgehead atoms. The molecule has 3 heteroatoms. The highest BCUT2D eigenvalue weighted by Gasteiger charge is 2.61. The molecule has 0 spiro atoms. The van der Waals surface area contributed by atoms with Gasteiger partial charge in [-0.1, -0.05) is 13.8 Å². The molecule has 0 unspecified atom stereocenters. The minimum Gasteiger partial charge on any atom is -0.481 e. The lowest BCUT2D eigenvalue weighted by atomic mass is 9.44. The van der Waals surface area contributed by atoms with Gasteiger partial charge in [-0.05, 0) is 99.2 Å². The number of aliphatic hydroxyl groups is 1. The zero-order valence-electron chi connectivity index (χ0n) is 15.6. The van der Waals surface area contributed by atoms with Gasteiger partial charge in [-0.15, -0.1) is 0 Å². The van der Waals surface area contributed by atoms with E-state index in [9.17, 15) is 15.0 Å². The third-order valence-corrected chi connectivity index (χ3v) is 9.25. The van der Waals surface area contributed by atoms with Gasteiger partial charge in [0.1, 0.15) is 0 Å². The predicted octanol–water partition coefficient (Wildman–Crippen LogP) is 4.48. The van der Waals surface area contributed by atoms with Crippen LogP contribution < -0.4 is 0 Å². The summed E-state index contributed by atoms with van der Waals surface area (Å²) in [5.41, 5.74) is -0.0773. The van der Waals surface area contributed by atoms with Gasteiger partial charge in [0.15, 0.2) is 0 Å². The summed E-state index contributed by atoms with van der Waals surface area (Å²) in [6.45, 7) is 6.79. The first-order chi connectivity index (χ1) is 11.2. The Balaban J connectivity index is 1.61. The molecule has 8 atom stereocenters. The Bertz CT molecular complexity index is 541. The molecule has 0 aromatic heterocycles. The third kappa shape index (κ3) is 2.22. The van der Waals surface area contributed by atoms with Crippen LogP contribution >= 0.6 is 0 Å². The lowest BCUT2D eigenvalue weighted by Crippen LogP contribution is -2.55. The van der Waals surface area contributed by atoms with Crippen LogP contribution in [-0.2, 0) is 4.79 Å². The number of hydrogen-bond donors (Lipinski definition) is 2. The Morgan fingerprint density at radius 3 is 2.29 bits per heavy atom. The Labute approximate surface area is 146 Å². The fraction of sp³-hybridized carbons (Fsp3) is 0.952. The number of carbonyl (C=O) groups is 1. The largest absolute Gasteiger partial charge is 0.481 e. The van der Waals surface area contributed by atoms with E-state index in [1.807, 2.05) is 6.92 Å². The topological polar surface area (TPSA) is 57.5 Å². The second kappa shape index (κ2) is 5.22. The van der Waals surface area contributed by atoms with Crippen molar-refractivity contribution in [3.63, 3.8) is 0 Å². The molecule has 3 nitrogen and oxygen atoms in total. The first-order valence-corrected chi connectivity index (χ1v) is 10.1. The monoisotopic (exact) mass is 334 g/mol. The van der Waals surface area contributed by atoms with Gasteiger partial charge < -0.3 is 10.2 Å². The van der Waals surface area contributed by atoms with Crippen molar-refractivity contribution in [2.45, 2.75) is 84.2 Å². The molecule has 4 aliphatic rings. The zero-order valence-corrected chi connectivity index (χ0v) is 15.6. The second-order valence-electron chi connectivity index (χ2n) is 10.4. The van der Waals surface area contributed by atoms with Gasteiger partial charge in [-0.25, -0.2) is 0 Å². The highest BCUT2D eigenvalue weighted by molar-refractivity contribution is 5.71. The number of carboxylic acid groups (broad SMARTS) is 1. The molecular formula is C21H34O3. The van der Waals surface area contributed by atoms with E-state index in [0.29, 0.717) is 17.3 Å². The molecule has 0 aromatic rings. The molecule has 136 valence electrons. The molecule has 0 aromatic carbocycles. The van der Waals surface area contributed by atoms with Gasteiger partial charge in [-0.2, -0.15) is 0 Å². The normalized spacial score (nSPS) is 56.9. The Kier molecular flexibility index (Phi) is 3.67. The van der Waals surface area contributed by atoms with E-state index >= 15 is 0 Å². The number of carboxylic acids is 1. The van der Waals surface area contributed by atoms with E-state index in [0.717, 1.165) is 50.4 Å². The van der Waals surface area contributed by atoms with Crippen molar-refractivity contribution < 1.29 is 15.0 Å². The van der Waals surface area contributed by atoms with E-state index in [4.69, 9.17) is 0 Å². The second-order valence-corrected chi connectivity index (χ2v) is 10.4. The average molecular weight is 335 g/mol. The molecule has 0 aliphatic heterocycles. The lowest BCUT2D eigenvalue weighted by Gasteiger charge is -2.61. The van der Waals surface area contributed by atoms with Crippen LogP contribution in [0.5, 0.6) is 0 Å². The van der Waals surface area contributed by atoms with Crippen LogP contribution in [0.4, 0.5) is 0 Å². The fourth-order valence-electron chi connectivity index (χ4n) is 7.84. The summed E-state index contributed by atoms with van der Waals surface area (Å²) in [6.07, 6.45) is 9.84. The number of fused-ring (bicyclic) bond motifs is 5. The maximum atomic E-state index is 11.8. The minimum atomic E-state index is -0.563. The summed E-state index contributed by atoms with van der Waals surface area (Å²) in [7, 11) is 0. The van der Waals surface area contributed by atoms with Gasteiger partial charge in [0, 0.05) is 0 Å². The van der Waals surface area contributed by atoms with Gasteiger partial charge in [0.25, 0.3) is 0 Å². The molecule has 4 fully saturated rings. The van der Waals surface area contributed by atoms with Crippen molar-refractivity contribution in [2.24, 2.45) is 40.4 Å². The summed E-state index contributed by atoms with van der Waals surface area (Å²) < 4.78 is 0. The van der Waals surface area contributed by atoms with E-state index in [1.165, 1.54) is 19.3 Å². The lowest BCUT2D eigenvalue weighted by molar-refractivity contribution is -0.159. The summed E-state index contributed by atoms with van der Waals surface area (Å²) >= 11 is 0. The molecule has 2 N–H and O–H groups in total. The van der Waals surface area contributed by atoms with Crippen LogP contribution in [0, 0.1) is 40.4 Å². The quantitative estimate of drug-likeness (QED) is 0.743. The SMILES string of the molecule is C[C@@]1(O)CC[C@@]2(C)[C@H](CC[C@@H]3[C@@H]2CC[C@]2(C)[C@@H](C(=O)O)CC[C@@H]32)C1. The highest BCUT2D eigenvalue weighted by Crippen LogP contribution is 2.67. The van der Waals surface area contributed by atoms with Crippen molar-refractivity contribution in [2.75, 3.05) is 0 Å². The molecule has 0 saturated heterocycles. The molecule has 4 aliphatic carbocycles. The van der Waals surface area contributed by atoms with Crippen molar-refractivity contribution in [3.05, 3.63) is 0 Å². The van der Waals surface area contributed by atoms with Gasteiger partial charge in [0.05, 0.1) is 11.5 Å². The van der Waals surface area contributed by atoms with Crippen LogP contribution in [-0.4, -0.2) is 21.8 Å². The van der Waals surface area contributed by atoms with E-state index in [2.05, 4.69) is 13.8 Å². The average Bonchev–Trinajstić information content (AvgIpc) is 2.85. The van der Waals surface area contributed by atoms with Crippen molar-refractivity contribution in [1.29, 1.82) is 0 Å². The zero-order chi connectivity index (χ0) is 17.3. The van der Waals surface area contributed by atoms with Crippen LogP contribution in [0.1, 0.15) is 78.6 Å². The number of rotatable bonds is 1. The van der Waals surface area contributed by atoms with Crippen molar-refractivity contribution >= 4 is 5.97 Å². The van der Waals surface area contributed by atoms with Gasteiger partial charge in [-0.3, -0.25) is 4.79 Å². The Hall–Kier alpha value is -0.570. The van der Waals surface area contributed by atoms with Crippen LogP contribution in [0.25, 0.3) is 0 Å². The van der Waals surface area contributed by atoms with E-state index in [1.54, 1.807) is 0 Å². The summed E-state index contributed by atoms with van der Waals surface area (Å²) in [4.78, 5) is 11.8. The van der Waals surface area contributed by atoms with Crippen molar-refractivity contribution in [3.8, 4) is 0 Å². The van der Waals surface area contributed by atoms with Gasteiger partial charge >= 0.3 is 5.97 Å². The molecule has 4 rings (SSSR count). The smallest absolute Gasteiger partial charge is 0.307 e. The number of aliphatic carboxylic acids is 1. The summed E-state index contributed by atoms with van der Waals surface area (Å²) in [5.74, 6) is 2.05. The Morgan fingerprint density at radius 2 is 1.58 bits per heavy atom. The van der Waals surface area contributed by atoms with Crippen LogP contribution in [0.15, 0.2) is 0 Å². The molecule has 0 heterocycles. The van der Waals surface area contributed by atoms with E-state index in [-0.39, 0.29) is 11.3 Å². The first-order valence-electron chi connectivity index (χ1n) is 10.1. The molecule has 4 saturated carbocycles. The predicted molar refractivity (Wildman–Crippen MR) is 93.5 cm³/mol.